The van der Waals surface area contributed by atoms with Crippen molar-refractivity contribution in [2.75, 3.05) is 12.4 Å². The van der Waals surface area contributed by atoms with Crippen molar-refractivity contribution in [2.24, 2.45) is 0 Å². The van der Waals surface area contributed by atoms with Crippen molar-refractivity contribution in [3.63, 3.8) is 0 Å². The fourth-order valence-electron chi connectivity index (χ4n) is 3.44. The summed E-state index contributed by atoms with van der Waals surface area (Å²) in [5, 5.41) is 14.4. The van der Waals surface area contributed by atoms with Gasteiger partial charge in [-0.25, -0.2) is 9.97 Å². The van der Waals surface area contributed by atoms with Gasteiger partial charge in [0.15, 0.2) is 11.5 Å². The normalized spacial score (nSPS) is 12.0. The third-order valence-electron chi connectivity index (χ3n) is 4.96. The molecule has 2 N–H and O–H groups in total. The number of rotatable bonds is 5. The van der Waals surface area contributed by atoms with Gasteiger partial charge in [-0.15, -0.1) is 0 Å². The van der Waals surface area contributed by atoms with Crippen LogP contribution in [0.1, 0.15) is 24.4 Å². The summed E-state index contributed by atoms with van der Waals surface area (Å²) in [6, 6.07) is 22.2. The van der Waals surface area contributed by atoms with Gasteiger partial charge in [0, 0.05) is 17.5 Å². The summed E-state index contributed by atoms with van der Waals surface area (Å²) in [6.07, 6.45) is 0. The second-order valence-corrected chi connectivity index (χ2v) is 7.02. The van der Waals surface area contributed by atoms with E-state index in [0.29, 0.717) is 17.4 Å². The minimum Gasteiger partial charge on any atom is -0.504 e. The molecule has 1 aromatic heterocycles. The van der Waals surface area contributed by atoms with Gasteiger partial charge in [0.2, 0.25) is 0 Å². The standard InChI is InChI=1S/C24H23N3O2/c1-15(18-10-7-11-19(12-18)17-8-5-4-6-9-17)25-24-20-13-22(28)23(29-3)14-21(20)26-16(2)27-24/h4-15,28H,1-3H3,(H,25,26,27)/t15-/m1/s1. The second-order valence-electron chi connectivity index (χ2n) is 7.02. The fourth-order valence-corrected chi connectivity index (χ4v) is 3.44. The smallest absolute Gasteiger partial charge is 0.162 e. The lowest BCUT2D eigenvalue weighted by Gasteiger charge is -2.18. The number of phenolic OH excluding ortho intramolecular Hbond substituents is 1. The molecule has 0 unspecified atom stereocenters. The van der Waals surface area contributed by atoms with E-state index in [-0.39, 0.29) is 11.8 Å². The number of aryl methyl sites for hydroxylation is 1. The lowest BCUT2D eigenvalue weighted by atomic mass is 10.00. The van der Waals surface area contributed by atoms with Crippen molar-refractivity contribution in [3.8, 4) is 22.6 Å². The highest BCUT2D eigenvalue weighted by atomic mass is 16.5. The molecule has 5 nitrogen and oxygen atoms in total. The molecule has 5 heteroatoms. The van der Waals surface area contributed by atoms with Crippen LogP contribution >= 0.6 is 0 Å². The number of hydrogen-bond donors (Lipinski definition) is 2. The molecule has 0 aliphatic rings. The van der Waals surface area contributed by atoms with Gasteiger partial charge in [-0.3, -0.25) is 0 Å². The number of hydrogen-bond acceptors (Lipinski definition) is 5. The molecule has 0 spiro atoms. The predicted octanol–water partition coefficient (Wildman–Crippen LogP) is 5.49. The summed E-state index contributed by atoms with van der Waals surface area (Å²) in [5.74, 6) is 1.79. The molecule has 0 aliphatic carbocycles. The first kappa shape index (κ1) is 18.7. The Morgan fingerprint density at radius 3 is 2.45 bits per heavy atom. The van der Waals surface area contributed by atoms with Gasteiger partial charge in [0.1, 0.15) is 11.6 Å². The number of benzene rings is 3. The number of aromatic hydroxyl groups is 1. The van der Waals surface area contributed by atoms with Crippen LogP contribution in [-0.2, 0) is 0 Å². The van der Waals surface area contributed by atoms with E-state index < -0.39 is 0 Å². The number of ether oxygens (including phenoxy) is 1. The quantitative estimate of drug-likeness (QED) is 0.475. The van der Waals surface area contributed by atoms with E-state index in [2.05, 4.69) is 58.6 Å². The summed E-state index contributed by atoms with van der Waals surface area (Å²) in [6.45, 7) is 3.95. The van der Waals surface area contributed by atoms with Crippen LogP contribution in [0.25, 0.3) is 22.0 Å². The molecule has 0 radical (unpaired) electrons. The molecule has 29 heavy (non-hydrogen) atoms. The van der Waals surface area contributed by atoms with Crippen LogP contribution in [0.2, 0.25) is 0 Å². The Balaban J connectivity index is 1.69. The van der Waals surface area contributed by atoms with Gasteiger partial charge in [-0.2, -0.15) is 0 Å². The van der Waals surface area contributed by atoms with Crippen LogP contribution in [0.5, 0.6) is 11.5 Å². The first-order valence-corrected chi connectivity index (χ1v) is 9.52. The number of nitrogens with zero attached hydrogens (tertiary/aromatic N) is 2. The van der Waals surface area contributed by atoms with Crippen molar-refractivity contribution in [3.05, 3.63) is 78.1 Å². The van der Waals surface area contributed by atoms with Crippen LogP contribution in [0.3, 0.4) is 0 Å². The van der Waals surface area contributed by atoms with E-state index in [1.807, 2.05) is 25.1 Å². The van der Waals surface area contributed by atoms with E-state index in [1.165, 1.54) is 18.2 Å². The zero-order chi connectivity index (χ0) is 20.4. The largest absolute Gasteiger partial charge is 0.504 e. The first-order chi connectivity index (χ1) is 14.0. The molecular weight excluding hydrogens is 362 g/mol. The molecule has 3 aromatic carbocycles. The molecular formula is C24H23N3O2. The number of methoxy groups -OCH3 is 1. The molecule has 0 fully saturated rings. The maximum atomic E-state index is 10.2. The zero-order valence-corrected chi connectivity index (χ0v) is 16.7. The Morgan fingerprint density at radius 2 is 1.69 bits per heavy atom. The summed E-state index contributed by atoms with van der Waals surface area (Å²) in [7, 11) is 1.52. The minimum atomic E-state index is 0.0143. The third-order valence-corrected chi connectivity index (χ3v) is 4.96. The minimum absolute atomic E-state index is 0.0143. The highest BCUT2D eigenvalue weighted by Gasteiger charge is 2.14. The molecule has 4 aromatic rings. The number of phenols is 1. The average Bonchev–Trinajstić information content (AvgIpc) is 2.74. The predicted molar refractivity (Wildman–Crippen MR) is 116 cm³/mol. The molecule has 4 rings (SSSR count). The lowest BCUT2D eigenvalue weighted by molar-refractivity contribution is 0.374. The number of aromatic nitrogens is 2. The van der Waals surface area contributed by atoms with E-state index in [0.717, 1.165) is 16.5 Å². The van der Waals surface area contributed by atoms with Crippen LogP contribution in [0.4, 0.5) is 5.82 Å². The van der Waals surface area contributed by atoms with Gasteiger partial charge in [0.05, 0.1) is 12.6 Å². The lowest BCUT2D eigenvalue weighted by Crippen LogP contribution is -2.09. The van der Waals surface area contributed by atoms with Crippen LogP contribution in [-0.4, -0.2) is 22.2 Å². The fraction of sp³-hybridized carbons (Fsp3) is 0.167. The number of nitrogens with one attached hydrogen (secondary N) is 1. The maximum Gasteiger partial charge on any atom is 0.162 e. The van der Waals surface area contributed by atoms with Crippen molar-refractivity contribution in [1.29, 1.82) is 0 Å². The maximum absolute atomic E-state index is 10.2. The molecule has 0 aliphatic heterocycles. The van der Waals surface area contributed by atoms with E-state index >= 15 is 0 Å². The molecule has 1 heterocycles. The molecule has 0 bridgehead atoms. The van der Waals surface area contributed by atoms with Gasteiger partial charge in [0.25, 0.3) is 0 Å². The summed E-state index contributed by atoms with van der Waals surface area (Å²) in [5.41, 5.74) is 4.22. The Labute approximate surface area is 170 Å². The summed E-state index contributed by atoms with van der Waals surface area (Å²) in [4.78, 5) is 9.05. The highest BCUT2D eigenvalue weighted by Crippen LogP contribution is 2.34. The van der Waals surface area contributed by atoms with Gasteiger partial charge < -0.3 is 15.2 Å². The zero-order valence-electron chi connectivity index (χ0n) is 16.7. The average molecular weight is 385 g/mol. The Morgan fingerprint density at radius 1 is 0.931 bits per heavy atom. The Bertz CT molecular complexity index is 1160. The van der Waals surface area contributed by atoms with Gasteiger partial charge in [-0.05, 0) is 42.7 Å². The van der Waals surface area contributed by atoms with Crippen molar-refractivity contribution in [1.82, 2.24) is 9.97 Å². The van der Waals surface area contributed by atoms with Crippen molar-refractivity contribution >= 4 is 16.7 Å². The van der Waals surface area contributed by atoms with Gasteiger partial charge in [-0.1, -0.05) is 48.5 Å². The summed E-state index contributed by atoms with van der Waals surface area (Å²) >= 11 is 0. The second kappa shape index (κ2) is 7.80. The Hall–Kier alpha value is -3.60. The number of anilines is 1. The molecule has 0 saturated heterocycles. The number of fused-ring (bicyclic) bond motifs is 1. The van der Waals surface area contributed by atoms with Crippen LogP contribution in [0.15, 0.2) is 66.7 Å². The Kier molecular flexibility index (Phi) is 5.04. The van der Waals surface area contributed by atoms with E-state index in [9.17, 15) is 5.11 Å². The molecule has 1 atom stereocenters. The van der Waals surface area contributed by atoms with Crippen molar-refractivity contribution < 1.29 is 9.84 Å². The monoisotopic (exact) mass is 385 g/mol. The molecule has 0 saturated carbocycles. The van der Waals surface area contributed by atoms with Crippen molar-refractivity contribution in [2.45, 2.75) is 19.9 Å². The molecule has 0 amide bonds. The highest BCUT2D eigenvalue weighted by molar-refractivity contribution is 5.91. The van der Waals surface area contributed by atoms with Crippen LogP contribution < -0.4 is 10.1 Å². The first-order valence-electron chi connectivity index (χ1n) is 9.52. The van der Waals surface area contributed by atoms with E-state index in [1.54, 1.807) is 12.1 Å². The van der Waals surface area contributed by atoms with Gasteiger partial charge >= 0.3 is 0 Å². The topological polar surface area (TPSA) is 67.3 Å². The SMILES string of the molecule is COc1cc2nc(C)nc(N[C@H](C)c3cccc(-c4ccccc4)c3)c2cc1O. The van der Waals surface area contributed by atoms with E-state index in [4.69, 9.17) is 4.74 Å². The third kappa shape index (κ3) is 3.85. The summed E-state index contributed by atoms with van der Waals surface area (Å²) < 4.78 is 5.21. The van der Waals surface area contributed by atoms with Crippen LogP contribution in [0, 0.1) is 6.92 Å². The molecule has 146 valence electrons.